The van der Waals surface area contributed by atoms with Crippen LogP contribution in [0.2, 0.25) is 0 Å². The highest BCUT2D eigenvalue weighted by Crippen LogP contribution is 2.21. The minimum Gasteiger partial charge on any atom is -0.395 e. The quantitative estimate of drug-likeness (QED) is 0.812. The molecule has 0 aliphatic heterocycles. The van der Waals surface area contributed by atoms with Gasteiger partial charge in [-0.15, -0.1) is 0 Å². The molecule has 0 fully saturated rings. The molecule has 1 heterocycles. The highest BCUT2D eigenvalue weighted by atomic mass is 79.9. The lowest BCUT2D eigenvalue weighted by atomic mass is 10.2. The maximum Gasteiger partial charge on any atom is 0.278 e. The number of anilines is 2. The third-order valence-corrected chi connectivity index (χ3v) is 3.21. The van der Waals surface area contributed by atoms with Gasteiger partial charge in [0.05, 0.1) is 11.4 Å². The number of nitrogens with two attached hydrogens (primary N) is 1. The van der Waals surface area contributed by atoms with Crippen molar-refractivity contribution in [2.75, 3.05) is 11.1 Å². The summed E-state index contributed by atoms with van der Waals surface area (Å²) < 4.78 is 0.909. The number of halogens is 1. The van der Waals surface area contributed by atoms with Gasteiger partial charge in [0.15, 0.2) is 5.69 Å². The number of amides is 1. The topological polar surface area (TPSA) is 83.8 Å². The highest BCUT2D eigenvalue weighted by Gasteiger charge is 2.16. The van der Waals surface area contributed by atoms with Crippen molar-refractivity contribution in [3.05, 3.63) is 39.6 Å². The van der Waals surface area contributed by atoms with E-state index in [2.05, 4.69) is 31.4 Å². The number of H-pyrrole nitrogens is 1. The van der Waals surface area contributed by atoms with Crippen LogP contribution in [0.15, 0.2) is 22.7 Å². The number of rotatable bonds is 3. The summed E-state index contributed by atoms with van der Waals surface area (Å²) >= 11 is 3.39. The number of nitrogen functional groups attached to an aromatic ring is 1. The molecule has 6 heteroatoms. The smallest absolute Gasteiger partial charge is 0.278 e. The Balaban J connectivity index is 2.23. The van der Waals surface area contributed by atoms with Crippen molar-refractivity contribution in [3.63, 3.8) is 0 Å². The zero-order chi connectivity index (χ0) is 14.0. The van der Waals surface area contributed by atoms with E-state index in [1.807, 2.05) is 32.0 Å². The van der Waals surface area contributed by atoms with Crippen LogP contribution in [0.5, 0.6) is 0 Å². The Kier molecular flexibility index (Phi) is 3.90. The van der Waals surface area contributed by atoms with Crippen LogP contribution in [0.3, 0.4) is 0 Å². The molecular weight excluding hydrogens is 308 g/mol. The summed E-state index contributed by atoms with van der Waals surface area (Å²) in [6, 6.07) is 5.68. The molecule has 0 aliphatic rings. The molecule has 19 heavy (non-hydrogen) atoms. The van der Waals surface area contributed by atoms with E-state index in [-0.39, 0.29) is 11.6 Å². The van der Waals surface area contributed by atoms with Crippen LogP contribution in [-0.2, 0) is 6.42 Å². The predicted molar refractivity (Wildman–Crippen MR) is 79.2 cm³/mol. The van der Waals surface area contributed by atoms with Crippen molar-refractivity contribution in [2.24, 2.45) is 0 Å². The molecule has 5 nitrogen and oxygen atoms in total. The molecule has 0 radical (unpaired) electrons. The normalized spacial score (nSPS) is 10.5. The molecule has 2 rings (SSSR count). The summed E-state index contributed by atoms with van der Waals surface area (Å²) in [6.07, 6.45) is 0.710. The van der Waals surface area contributed by atoms with Gasteiger partial charge in [-0.05, 0) is 37.1 Å². The van der Waals surface area contributed by atoms with Gasteiger partial charge in [-0.1, -0.05) is 22.9 Å². The van der Waals surface area contributed by atoms with Gasteiger partial charge in [-0.25, -0.2) is 0 Å². The number of carbonyl (C=O) groups excluding carboxylic acids is 1. The maximum absolute atomic E-state index is 12.1. The second kappa shape index (κ2) is 5.44. The molecule has 0 saturated heterocycles. The van der Waals surface area contributed by atoms with Crippen molar-refractivity contribution in [2.45, 2.75) is 20.3 Å². The fraction of sp³-hybridized carbons (Fsp3) is 0.231. The van der Waals surface area contributed by atoms with E-state index in [1.165, 1.54) is 0 Å². The van der Waals surface area contributed by atoms with Gasteiger partial charge in [0, 0.05) is 10.2 Å². The molecule has 1 amide bonds. The molecule has 0 aliphatic carbocycles. The molecule has 0 unspecified atom stereocenters. The summed E-state index contributed by atoms with van der Waals surface area (Å²) in [5, 5.41) is 9.51. The Morgan fingerprint density at radius 3 is 2.79 bits per heavy atom. The number of hydrogen-bond acceptors (Lipinski definition) is 3. The van der Waals surface area contributed by atoms with Crippen LogP contribution < -0.4 is 11.1 Å². The van der Waals surface area contributed by atoms with Crippen LogP contribution in [-0.4, -0.2) is 16.1 Å². The summed E-state index contributed by atoms with van der Waals surface area (Å²) in [5.74, 6) is -0.314. The van der Waals surface area contributed by atoms with E-state index in [4.69, 9.17) is 5.73 Å². The molecule has 1 aromatic carbocycles. The van der Waals surface area contributed by atoms with Gasteiger partial charge in [0.1, 0.15) is 0 Å². The molecule has 100 valence electrons. The van der Waals surface area contributed by atoms with Gasteiger partial charge in [0.2, 0.25) is 0 Å². The fourth-order valence-corrected chi connectivity index (χ4v) is 2.44. The largest absolute Gasteiger partial charge is 0.395 e. The second-order valence-corrected chi connectivity index (χ2v) is 5.21. The highest BCUT2D eigenvalue weighted by molar-refractivity contribution is 9.10. The second-order valence-electron chi connectivity index (χ2n) is 4.29. The van der Waals surface area contributed by atoms with Crippen LogP contribution in [0.25, 0.3) is 0 Å². The third-order valence-electron chi connectivity index (χ3n) is 2.75. The molecule has 0 atom stereocenters. The van der Waals surface area contributed by atoms with Crippen molar-refractivity contribution in [1.82, 2.24) is 10.2 Å². The minimum absolute atomic E-state index is 0.231. The van der Waals surface area contributed by atoms with Crippen LogP contribution in [0.1, 0.15) is 28.7 Å². The lowest BCUT2D eigenvalue weighted by Gasteiger charge is -2.06. The monoisotopic (exact) mass is 322 g/mol. The summed E-state index contributed by atoms with van der Waals surface area (Å²) in [4.78, 5) is 12.1. The van der Waals surface area contributed by atoms with E-state index in [1.54, 1.807) is 0 Å². The molecule has 2 aromatic rings. The number of hydrogen-bond donors (Lipinski definition) is 3. The first-order valence-corrected chi connectivity index (χ1v) is 6.71. The number of nitrogens with zero attached hydrogens (tertiary/aromatic N) is 1. The molecule has 0 spiro atoms. The Morgan fingerprint density at radius 1 is 1.47 bits per heavy atom. The first-order chi connectivity index (χ1) is 9.01. The fourth-order valence-electron chi connectivity index (χ4n) is 1.83. The van der Waals surface area contributed by atoms with Gasteiger partial charge >= 0.3 is 0 Å². The number of benzene rings is 1. The molecule has 0 saturated carbocycles. The number of aromatic amines is 1. The molecule has 4 N–H and O–H groups in total. The van der Waals surface area contributed by atoms with E-state index in [0.29, 0.717) is 17.8 Å². The van der Waals surface area contributed by atoms with Crippen LogP contribution >= 0.6 is 15.9 Å². The summed E-state index contributed by atoms with van der Waals surface area (Å²) in [6.45, 7) is 3.90. The van der Waals surface area contributed by atoms with Crippen molar-refractivity contribution in [1.29, 1.82) is 0 Å². The van der Waals surface area contributed by atoms with Crippen LogP contribution in [0, 0.1) is 6.92 Å². The maximum atomic E-state index is 12.1. The van der Waals surface area contributed by atoms with Gasteiger partial charge in [0.25, 0.3) is 5.91 Å². The lowest BCUT2D eigenvalue weighted by molar-refractivity contribution is 0.102. The van der Waals surface area contributed by atoms with Gasteiger partial charge in [-0.2, -0.15) is 5.10 Å². The van der Waals surface area contributed by atoms with E-state index >= 15 is 0 Å². The number of nitrogens with one attached hydrogen (secondary N) is 2. The first kappa shape index (κ1) is 13.6. The van der Waals surface area contributed by atoms with E-state index in [9.17, 15) is 4.79 Å². The zero-order valence-corrected chi connectivity index (χ0v) is 12.3. The Morgan fingerprint density at radius 2 is 2.21 bits per heavy atom. The Hall–Kier alpha value is -1.82. The molecule has 1 aromatic heterocycles. The summed E-state index contributed by atoms with van der Waals surface area (Å²) in [5.41, 5.74) is 9.03. The lowest BCUT2D eigenvalue weighted by Crippen LogP contribution is -2.14. The van der Waals surface area contributed by atoms with E-state index < -0.39 is 0 Å². The van der Waals surface area contributed by atoms with E-state index in [0.717, 1.165) is 15.7 Å². The predicted octanol–water partition coefficient (Wildman–Crippen LogP) is 2.88. The number of aromatic nitrogens is 2. The average Bonchev–Trinajstić information content (AvgIpc) is 2.68. The number of carbonyl (C=O) groups is 1. The SMILES string of the molecule is CCc1[nH]nc(C(=O)Nc2cc(C)cc(Br)c2)c1N. The standard InChI is InChI=1S/C13H15BrN4O/c1-3-10-11(15)12(18-17-10)13(19)16-9-5-7(2)4-8(14)6-9/h4-6H,3,15H2,1-2H3,(H,16,19)(H,17,18). The van der Waals surface area contributed by atoms with Gasteiger partial charge < -0.3 is 11.1 Å². The molecular formula is C13H15BrN4O. The zero-order valence-electron chi connectivity index (χ0n) is 10.7. The summed E-state index contributed by atoms with van der Waals surface area (Å²) in [7, 11) is 0. The number of aryl methyl sites for hydroxylation is 2. The molecule has 0 bridgehead atoms. The third kappa shape index (κ3) is 2.96. The van der Waals surface area contributed by atoms with Crippen molar-refractivity contribution < 1.29 is 4.79 Å². The Bertz CT molecular complexity index is 601. The van der Waals surface area contributed by atoms with Crippen molar-refractivity contribution >= 4 is 33.2 Å². The van der Waals surface area contributed by atoms with Gasteiger partial charge in [-0.3, -0.25) is 9.89 Å². The minimum atomic E-state index is -0.314. The van der Waals surface area contributed by atoms with Crippen molar-refractivity contribution in [3.8, 4) is 0 Å². The van der Waals surface area contributed by atoms with Crippen LogP contribution in [0.4, 0.5) is 11.4 Å². The Labute approximate surface area is 119 Å². The average molecular weight is 323 g/mol. The first-order valence-electron chi connectivity index (χ1n) is 5.92.